The molecule has 9 heteroatoms. The van der Waals surface area contributed by atoms with E-state index in [4.69, 9.17) is 0 Å². The van der Waals surface area contributed by atoms with Gasteiger partial charge in [-0.3, -0.25) is 9.59 Å². The standard InChI is InChI=1S/C23H19N5O2S2/c1-14-21(32-23(25-14)19-7-4-12-31-19)17-8-9-20(29)28(27-17)11-10-24-22(30)18-13-15-5-2-3-6-16(15)26-18/h2-9,12-13,26H,10-11H2,1H3,(H,24,30). The van der Waals surface area contributed by atoms with Crippen LogP contribution in [-0.4, -0.2) is 32.2 Å². The van der Waals surface area contributed by atoms with Gasteiger partial charge in [0.1, 0.15) is 16.4 Å². The molecule has 2 N–H and O–H groups in total. The Kier molecular flexibility index (Phi) is 5.42. The zero-order chi connectivity index (χ0) is 22.1. The van der Waals surface area contributed by atoms with Crippen molar-refractivity contribution < 1.29 is 4.79 Å². The molecule has 160 valence electrons. The van der Waals surface area contributed by atoms with Crippen LogP contribution in [0.2, 0.25) is 0 Å². The normalized spacial score (nSPS) is 11.2. The van der Waals surface area contributed by atoms with Gasteiger partial charge in [0.25, 0.3) is 11.5 Å². The molecule has 0 unspecified atom stereocenters. The van der Waals surface area contributed by atoms with E-state index in [0.29, 0.717) is 11.4 Å². The van der Waals surface area contributed by atoms with Gasteiger partial charge in [-0.1, -0.05) is 24.3 Å². The van der Waals surface area contributed by atoms with Crippen LogP contribution in [0.3, 0.4) is 0 Å². The van der Waals surface area contributed by atoms with Gasteiger partial charge in [-0.05, 0) is 36.6 Å². The lowest BCUT2D eigenvalue weighted by Gasteiger charge is -2.07. The van der Waals surface area contributed by atoms with Gasteiger partial charge in [0.2, 0.25) is 0 Å². The largest absolute Gasteiger partial charge is 0.351 e. The molecule has 1 amide bonds. The topological polar surface area (TPSA) is 92.7 Å². The fourth-order valence-corrected chi connectivity index (χ4v) is 5.26. The van der Waals surface area contributed by atoms with Gasteiger partial charge in [0, 0.05) is 23.5 Å². The summed E-state index contributed by atoms with van der Waals surface area (Å²) in [5, 5.41) is 11.3. The molecule has 0 saturated heterocycles. The van der Waals surface area contributed by atoms with Crippen LogP contribution in [0.4, 0.5) is 0 Å². The molecule has 32 heavy (non-hydrogen) atoms. The number of carbonyl (C=O) groups is 1. The molecule has 4 heterocycles. The Hall–Kier alpha value is -3.56. The molecule has 7 nitrogen and oxygen atoms in total. The number of carbonyl (C=O) groups excluding carboxylic acids is 1. The quantitative estimate of drug-likeness (QED) is 0.394. The summed E-state index contributed by atoms with van der Waals surface area (Å²) in [6.07, 6.45) is 0. The van der Waals surface area contributed by atoms with Gasteiger partial charge in [0.05, 0.1) is 22.0 Å². The second-order valence-corrected chi connectivity index (χ2v) is 9.16. The monoisotopic (exact) mass is 461 g/mol. The molecule has 0 aliphatic rings. The summed E-state index contributed by atoms with van der Waals surface area (Å²) in [6.45, 7) is 2.50. The van der Waals surface area contributed by atoms with Crippen molar-refractivity contribution in [3.8, 4) is 20.5 Å². The summed E-state index contributed by atoms with van der Waals surface area (Å²) in [6, 6.07) is 16.8. The molecule has 0 atom stereocenters. The number of hydrogen-bond donors (Lipinski definition) is 2. The Bertz CT molecular complexity index is 1430. The average Bonchev–Trinajstić information content (AvgIpc) is 3.54. The SMILES string of the molecule is Cc1nc(-c2cccs2)sc1-c1ccc(=O)n(CCNC(=O)c2cc3ccccc3[nH]2)n1. The summed E-state index contributed by atoms with van der Waals surface area (Å²) >= 11 is 3.20. The van der Waals surface area contributed by atoms with E-state index in [2.05, 4.69) is 20.4 Å². The highest BCUT2D eigenvalue weighted by molar-refractivity contribution is 7.23. The number of para-hydroxylation sites is 1. The predicted molar refractivity (Wildman–Crippen MR) is 128 cm³/mol. The van der Waals surface area contributed by atoms with Crippen molar-refractivity contribution in [2.75, 3.05) is 6.54 Å². The number of thiophene rings is 1. The van der Waals surface area contributed by atoms with Crippen LogP contribution in [0.1, 0.15) is 16.2 Å². The number of hydrogen-bond acceptors (Lipinski definition) is 6. The van der Waals surface area contributed by atoms with Crippen molar-refractivity contribution >= 4 is 39.5 Å². The highest BCUT2D eigenvalue weighted by Gasteiger charge is 2.14. The van der Waals surface area contributed by atoms with Gasteiger partial charge >= 0.3 is 0 Å². The molecular weight excluding hydrogens is 442 g/mol. The second-order valence-electron chi connectivity index (χ2n) is 7.22. The highest BCUT2D eigenvalue weighted by Crippen LogP contribution is 2.35. The third-order valence-corrected chi connectivity index (χ3v) is 7.23. The molecule has 5 aromatic rings. The Morgan fingerprint density at radius 3 is 2.84 bits per heavy atom. The molecule has 5 rings (SSSR count). The smallest absolute Gasteiger partial charge is 0.267 e. The molecule has 0 bridgehead atoms. The Labute approximate surface area is 191 Å². The number of benzene rings is 1. The number of H-pyrrole nitrogens is 1. The maximum absolute atomic E-state index is 12.5. The van der Waals surface area contributed by atoms with E-state index in [1.807, 2.05) is 54.8 Å². The van der Waals surface area contributed by atoms with Crippen LogP contribution in [0, 0.1) is 6.92 Å². The zero-order valence-electron chi connectivity index (χ0n) is 17.2. The lowest BCUT2D eigenvalue weighted by atomic mass is 10.2. The van der Waals surface area contributed by atoms with Crippen LogP contribution in [0.25, 0.3) is 31.4 Å². The molecule has 0 aliphatic heterocycles. The van der Waals surface area contributed by atoms with E-state index in [1.165, 1.54) is 10.7 Å². The van der Waals surface area contributed by atoms with E-state index in [0.717, 1.165) is 31.4 Å². The molecule has 1 aromatic carbocycles. The second kappa shape index (κ2) is 8.52. The summed E-state index contributed by atoms with van der Waals surface area (Å²) in [5.74, 6) is -0.218. The van der Waals surface area contributed by atoms with Crippen molar-refractivity contribution in [1.29, 1.82) is 0 Å². The molecule has 0 aliphatic carbocycles. The summed E-state index contributed by atoms with van der Waals surface area (Å²) in [4.78, 5) is 34.6. The predicted octanol–water partition coefficient (Wildman–Crippen LogP) is 4.32. The third kappa shape index (κ3) is 4.00. The number of thiazole rings is 1. The van der Waals surface area contributed by atoms with Gasteiger partial charge in [0.15, 0.2) is 0 Å². The maximum atomic E-state index is 12.5. The number of fused-ring (bicyclic) bond motifs is 1. The number of nitrogens with zero attached hydrogens (tertiary/aromatic N) is 3. The van der Waals surface area contributed by atoms with Gasteiger partial charge in [-0.2, -0.15) is 5.10 Å². The summed E-state index contributed by atoms with van der Waals surface area (Å²) in [5.41, 5.74) is 2.76. The van der Waals surface area contributed by atoms with Gasteiger partial charge in [-0.25, -0.2) is 9.67 Å². The van der Waals surface area contributed by atoms with Crippen LogP contribution >= 0.6 is 22.7 Å². The van der Waals surface area contributed by atoms with Crippen molar-refractivity contribution in [3.63, 3.8) is 0 Å². The highest BCUT2D eigenvalue weighted by atomic mass is 32.1. The van der Waals surface area contributed by atoms with E-state index >= 15 is 0 Å². The van der Waals surface area contributed by atoms with Crippen molar-refractivity contribution in [3.05, 3.63) is 81.7 Å². The minimum absolute atomic E-state index is 0.214. The van der Waals surface area contributed by atoms with Crippen LogP contribution < -0.4 is 10.9 Å². The number of aryl methyl sites for hydroxylation is 1. The molecule has 0 spiro atoms. The minimum Gasteiger partial charge on any atom is -0.351 e. The van der Waals surface area contributed by atoms with E-state index in [1.54, 1.807) is 28.7 Å². The van der Waals surface area contributed by atoms with Crippen molar-refractivity contribution in [2.24, 2.45) is 0 Å². The third-order valence-electron chi connectivity index (χ3n) is 5.01. The molecule has 0 radical (unpaired) electrons. The number of rotatable bonds is 6. The summed E-state index contributed by atoms with van der Waals surface area (Å²) in [7, 11) is 0. The fourth-order valence-electron chi connectivity index (χ4n) is 3.44. The number of aromatic nitrogens is 4. The van der Waals surface area contributed by atoms with E-state index in [9.17, 15) is 9.59 Å². The first-order valence-electron chi connectivity index (χ1n) is 10.0. The lowest BCUT2D eigenvalue weighted by molar-refractivity contribution is 0.0947. The van der Waals surface area contributed by atoms with E-state index in [-0.39, 0.29) is 24.6 Å². The Balaban J connectivity index is 1.30. The summed E-state index contributed by atoms with van der Waals surface area (Å²) < 4.78 is 1.38. The first-order chi connectivity index (χ1) is 15.6. The van der Waals surface area contributed by atoms with Crippen LogP contribution in [0.5, 0.6) is 0 Å². The number of nitrogens with one attached hydrogen (secondary N) is 2. The van der Waals surface area contributed by atoms with Gasteiger partial charge in [-0.15, -0.1) is 22.7 Å². The Morgan fingerprint density at radius 1 is 1.16 bits per heavy atom. The van der Waals surface area contributed by atoms with Crippen LogP contribution in [-0.2, 0) is 6.54 Å². The van der Waals surface area contributed by atoms with Crippen molar-refractivity contribution in [1.82, 2.24) is 25.1 Å². The Morgan fingerprint density at radius 2 is 2.03 bits per heavy atom. The molecular formula is C23H19N5O2S2. The first kappa shape index (κ1) is 20.3. The molecule has 0 saturated carbocycles. The van der Waals surface area contributed by atoms with Crippen molar-refractivity contribution in [2.45, 2.75) is 13.5 Å². The van der Waals surface area contributed by atoms with Crippen LogP contribution in [0.15, 0.2) is 64.8 Å². The lowest BCUT2D eigenvalue weighted by Crippen LogP contribution is -2.32. The zero-order valence-corrected chi connectivity index (χ0v) is 18.8. The van der Waals surface area contributed by atoms with E-state index < -0.39 is 0 Å². The number of aromatic amines is 1. The minimum atomic E-state index is -0.218. The first-order valence-corrected chi connectivity index (χ1v) is 11.7. The fraction of sp³-hybridized carbons (Fsp3) is 0.130. The van der Waals surface area contributed by atoms with Gasteiger partial charge < -0.3 is 10.3 Å². The average molecular weight is 462 g/mol. The maximum Gasteiger partial charge on any atom is 0.267 e. The number of amides is 1. The molecule has 4 aromatic heterocycles. The molecule has 0 fully saturated rings.